The van der Waals surface area contributed by atoms with Crippen LogP contribution in [0.5, 0.6) is 0 Å². The van der Waals surface area contributed by atoms with Gasteiger partial charge in [0.2, 0.25) is 5.95 Å². The fourth-order valence-corrected chi connectivity index (χ4v) is 5.18. The number of aromatic nitrogens is 4. The first-order chi connectivity index (χ1) is 18.7. The number of esters is 1. The van der Waals surface area contributed by atoms with Crippen molar-refractivity contribution in [2.24, 2.45) is 0 Å². The summed E-state index contributed by atoms with van der Waals surface area (Å²) in [5.41, 5.74) is 4.76. The second-order valence-corrected chi connectivity index (χ2v) is 12.6. The first-order valence-corrected chi connectivity index (χ1v) is 15.5. The first kappa shape index (κ1) is 30.0. The van der Waals surface area contributed by atoms with Crippen molar-refractivity contribution < 1.29 is 44.2 Å². The van der Waals surface area contributed by atoms with E-state index in [1.165, 1.54) is 10.9 Å². The smallest absolute Gasteiger partial charge is 0.303 e. The summed E-state index contributed by atoms with van der Waals surface area (Å²) < 4.78 is 77.6. The lowest BCUT2D eigenvalue weighted by Crippen LogP contribution is -2.53. The number of nitrogens with two attached hydrogens (primary N) is 1. The van der Waals surface area contributed by atoms with Crippen LogP contribution < -0.4 is 5.73 Å². The molecule has 2 N–H and O–H groups in total. The van der Waals surface area contributed by atoms with Crippen molar-refractivity contribution in [3.8, 4) is 0 Å². The number of ether oxygens (including phenoxy) is 3. The van der Waals surface area contributed by atoms with E-state index in [-0.39, 0.29) is 28.9 Å². The van der Waals surface area contributed by atoms with E-state index in [1.54, 1.807) is 30.3 Å². The normalized spacial score (nSPS) is 21.1. The van der Waals surface area contributed by atoms with E-state index >= 15 is 0 Å². The van der Waals surface area contributed by atoms with Crippen LogP contribution in [-0.2, 0) is 54.2 Å². The molecule has 40 heavy (non-hydrogen) atoms. The Morgan fingerprint density at radius 3 is 2.30 bits per heavy atom. The summed E-state index contributed by atoms with van der Waals surface area (Å²) in [5, 5.41) is -0.0627. The van der Waals surface area contributed by atoms with Crippen molar-refractivity contribution in [2.75, 3.05) is 31.5 Å². The minimum absolute atomic E-state index is 0.0627. The first-order valence-electron chi connectivity index (χ1n) is 11.5. The monoisotopic (exact) mass is 619 g/mol. The molecule has 1 aliphatic rings. The molecule has 0 amide bonds. The van der Waals surface area contributed by atoms with Gasteiger partial charge in [-0.2, -0.15) is 26.8 Å². The Labute approximate surface area is 234 Å². The zero-order valence-corrected chi connectivity index (χ0v) is 23.8. The SMILES string of the molecule is CC(=O)O[C@H]1C(OCc2ccccc2)C(COS(C)(=O)=O)(COS(C)(=O)=O)O[C@H]1n1cnc2c(Cl)nc(N)nc21. The predicted molar refractivity (Wildman–Crippen MR) is 140 cm³/mol. The van der Waals surface area contributed by atoms with Gasteiger partial charge in [0, 0.05) is 6.92 Å². The molecule has 0 spiro atoms. The summed E-state index contributed by atoms with van der Waals surface area (Å²) in [7, 11) is -8.15. The van der Waals surface area contributed by atoms with Crippen LogP contribution in [0.2, 0.25) is 5.15 Å². The van der Waals surface area contributed by atoms with Crippen LogP contribution in [0.15, 0.2) is 36.7 Å². The topological polar surface area (TPSA) is 201 Å². The van der Waals surface area contributed by atoms with E-state index in [4.69, 9.17) is 39.9 Å². The molecule has 18 heteroatoms. The van der Waals surface area contributed by atoms with Gasteiger partial charge in [0.15, 0.2) is 28.7 Å². The number of halogens is 1. The quantitative estimate of drug-likeness (QED) is 0.179. The molecule has 3 aromatic rings. The Morgan fingerprint density at radius 1 is 1.10 bits per heavy atom. The largest absolute Gasteiger partial charge is 0.455 e. The van der Waals surface area contributed by atoms with Gasteiger partial charge >= 0.3 is 5.97 Å². The second kappa shape index (κ2) is 11.5. The van der Waals surface area contributed by atoms with E-state index in [2.05, 4.69) is 15.0 Å². The maximum Gasteiger partial charge on any atom is 0.303 e. The van der Waals surface area contributed by atoms with Crippen LogP contribution in [0.4, 0.5) is 5.95 Å². The Balaban J connectivity index is 1.87. The number of carbonyl (C=O) groups is 1. The summed E-state index contributed by atoms with van der Waals surface area (Å²) in [6.07, 6.45) is -1.09. The van der Waals surface area contributed by atoms with Crippen LogP contribution in [-0.4, -0.2) is 85.9 Å². The molecule has 218 valence electrons. The fourth-order valence-electron chi connectivity index (χ4n) is 4.13. The Bertz CT molecular complexity index is 1560. The molecule has 15 nitrogen and oxygen atoms in total. The van der Waals surface area contributed by atoms with E-state index < -0.39 is 63.5 Å². The summed E-state index contributed by atoms with van der Waals surface area (Å²) in [4.78, 5) is 24.5. The van der Waals surface area contributed by atoms with E-state index in [1.807, 2.05) is 0 Å². The highest BCUT2D eigenvalue weighted by Gasteiger charge is 2.60. The van der Waals surface area contributed by atoms with Gasteiger partial charge in [0.05, 0.1) is 25.4 Å². The molecule has 1 fully saturated rings. The van der Waals surface area contributed by atoms with Gasteiger partial charge in [-0.25, -0.2) is 4.98 Å². The van der Waals surface area contributed by atoms with Gasteiger partial charge < -0.3 is 19.9 Å². The molecule has 2 aromatic heterocycles. The van der Waals surface area contributed by atoms with Crippen LogP contribution in [0.1, 0.15) is 18.7 Å². The molecule has 0 saturated carbocycles. The molecule has 1 unspecified atom stereocenters. The lowest BCUT2D eigenvalue weighted by molar-refractivity contribution is -0.159. The minimum Gasteiger partial charge on any atom is -0.455 e. The summed E-state index contributed by atoms with van der Waals surface area (Å²) in [6.45, 7) is -0.446. The summed E-state index contributed by atoms with van der Waals surface area (Å²) in [6, 6.07) is 8.87. The molecule has 0 bridgehead atoms. The van der Waals surface area contributed by atoms with Crippen molar-refractivity contribution in [3.05, 3.63) is 47.4 Å². The number of imidazole rings is 1. The molecule has 0 radical (unpaired) electrons. The van der Waals surface area contributed by atoms with E-state index in [0.29, 0.717) is 5.56 Å². The number of carbonyl (C=O) groups excluding carboxylic acids is 1. The molecular weight excluding hydrogens is 594 g/mol. The maximum absolute atomic E-state index is 12.3. The average Bonchev–Trinajstić information content (AvgIpc) is 3.39. The highest BCUT2D eigenvalue weighted by molar-refractivity contribution is 7.86. The van der Waals surface area contributed by atoms with Crippen LogP contribution >= 0.6 is 11.6 Å². The number of anilines is 1. The van der Waals surface area contributed by atoms with Gasteiger partial charge in [0.1, 0.15) is 24.8 Å². The zero-order valence-electron chi connectivity index (χ0n) is 21.5. The molecule has 0 aliphatic carbocycles. The average molecular weight is 620 g/mol. The zero-order chi connectivity index (χ0) is 29.3. The Kier molecular flexibility index (Phi) is 8.65. The molecule has 4 rings (SSSR count). The third-order valence-electron chi connectivity index (χ3n) is 5.73. The molecule has 1 saturated heterocycles. The van der Waals surface area contributed by atoms with E-state index in [9.17, 15) is 21.6 Å². The fraction of sp³-hybridized carbons (Fsp3) is 0.455. The number of nitrogens with zero attached hydrogens (tertiary/aromatic N) is 4. The molecule has 3 atom stereocenters. The van der Waals surface area contributed by atoms with Crippen LogP contribution in [0.3, 0.4) is 0 Å². The van der Waals surface area contributed by atoms with Gasteiger partial charge in [-0.15, -0.1) is 0 Å². The number of hydrogen-bond acceptors (Lipinski definition) is 14. The standard InChI is InChI=1S/C22H26ClN5O10S2/c1-13(29)37-16-17(34-9-14-7-5-4-6-8-14)22(10-35-39(2,30)31,11-36-40(3,32)33)38-20(16)28-12-25-15-18(23)26-21(24)27-19(15)28/h4-8,12,16-17,20H,9-11H2,1-3H3,(H2,24,26,27)/t16-,17?,20+/m0/s1. The van der Waals surface area contributed by atoms with Crippen molar-refractivity contribution in [1.29, 1.82) is 0 Å². The summed E-state index contributed by atoms with van der Waals surface area (Å²) in [5.74, 6) is -0.933. The lowest BCUT2D eigenvalue weighted by atomic mass is 9.96. The third-order valence-corrected chi connectivity index (χ3v) is 7.09. The van der Waals surface area contributed by atoms with Gasteiger partial charge in [-0.1, -0.05) is 41.9 Å². The van der Waals surface area contributed by atoms with Gasteiger partial charge in [0.25, 0.3) is 20.2 Å². The molecule has 1 aliphatic heterocycles. The summed E-state index contributed by atoms with van der Waals surface area (Å²) >= 11 is 6.17. The van der Waals surface area contributed by atoms with Gasteiger partial charge in [-0.3, -0.25) is 17.7 Å². The Morgan fingerprint density at radius 2 is 1.73 bits per heavy atom. The minimum atomic E-state index is -4.07. The number of benzene rings is 1. The van der Waals surface area contributed by atoms with Crippen LogP contribution in [0.25, 0.3) is 11.2 Å². The number of nitrogen functional groups attached to an aromatic ring is 1. The Hall–Kier alpha value is -2.93. The maximum atomic E-state index is 12.3. The third kappa shape index (κ3) is 7.03. The predicted octanol–water partition coefficient (Wildman–Crippen LogP) is 0.799. The van der Waals surface area contributed by atoms with Crippen molar-refractivity contribution in [1.82, 2.24) is 19.5 Å². The number of fused-ring (bicyclic) bond motifs is 1. The second-order valence-electron chi connectivity index (χ2n) is 8.99. The van der Waals surface area contributed by atoms with Crippen LogP contribution in [0, 0.1) is 0 Å². The molecular formula is C22H26ClN5O10S2. The van der Waals surface area contributed by atoms with Crippen molar-refractivity contribution >= 4 is 54.9 Å². The lowest BCUT2D eigenvalue weighted by Gasteiger charge is -2.33. The number of hydrogen-bond donors (Lipinski definition) is 1. The van der Waals surface area contributed by atoms with Crippen molar-refractivity contribution in [3.63, 3.8) is 0 Å². The highest BCUT2D eigenvalue weighted by atomic mass is 35.5. The highest BCUT2D eigenvalue weighted by Crippen LogP contribution is 2.43. The molecule has 3 heterocycles. The number of rotatable bonds is 11. The van der Waals surface area contributed by atoms with Crippen molar-refractivity contribution in [2.45, 2.75) is 37.6 Å². The van der Waals surface area contributed by atoms with E-state index in [0.717, 1.165) is 19.4 Å². The van der Waals surface area contributed by atoms with Gasteiger partial charge in [-0.05, 0) is 5.56 Å². The molecule has 1 aromatic carbocycles.